The third kappa shape index (κ3) is 4.31. The lowest BCUT2D eigenvalue weighted by molar-refractivity contribution is 0.0932. The second-order valence-electron chi connectivity index (χ2n) is 8.75. The zero-order chi connectivity index (χ0) is 17.4. The van der Waals surface area contributed by atoms with Gasteiger partial charge in [-0.25, -0.2) is 0 Å². The third-order valence-electron chi connectivity index (χ3n) is 5.63. The second-order valence-corrected chi connectivity index (χ2v) is 9.19. The molecule has 1 aromatic carbocycles. The normalized spacial score (nSPS) is 23.2. The van der Waals surface area contributed by atoms with Gasteiger partial charge >= 0.3 is 0 Å². The number of benzene rings is 1. The summed E-state index contributed by atoms with van der Waals surface area (Å²) in [5.41, 5.74) is 1.47. The van der Waals surface area contributed by atoms with Crippen LogP contribution < -0.4 is 5.32 Å². The molecule has 1 saturated carbocycles. The minimum absolute atomic E-state index is 0.0312. The van der Waals surface area contributed by atoms with Gasteiger partial charge in [-0.15, -0.1) is 0 Å². The molecule has 1 unspecified atom stereocenters. The Balaban J connectivity index is 1.46. The number of nitrogens with zero attached hydrogens (tertiary/aromatic N) is 1. The van der Waals surface area contributed by atoms with Crippen LogP contribution in [0.2, 0.25) is 5.02 Å². The molecule has 3 rings (SSSR count). The summed E-state index contributed by atoms with van der Waals surface area (Å²) < 4.78 is 0. The smallest absolute Gasteiger partial charge is 0.251 e. The topological polar surface area (TPSA) is 32.3 Å². The fraction of sp³-hybridized carbons (Fsp3) is 0.650. The van der Waals surface area contributed by atoms with E-state index < -0.39 is 0 Å². The zero-order valence-corrected chi connectivity index (χ0v) is 15.8. The van der Waals surface area contributed by atoms with Crippen molar-refractivity contribution in [2.75, 3.05) is 19.6 Å². The van der Waals surface area contributed by atoms with Crippen LogP contribution in [0.1, 0.15) is 56.8 Å². The average Bonchev–Trinajstić information content (AvgIpc) is 3.18. The molecule has 1 atom stereocenters. The molecule has 1 heterocycles. The van der Waals surface area contributed by atoms with Crippen LogP contribution in [0.5, 0.6) is 0 Å². The minimum Gasteiger partial charge on any atom is -0.349 e. The Morgan fingerprint density at radius 3 is 2.46 bits per heavy atom. The van der Waals surface area contributed by atoms with Crippen LogP contribution in [0.25, 0.3) is 0 Å². The molecule has 0 aromatic heterocycles. The van der Waals surface area contributed by atoms with Crippen LogP contribution in [0.3, 0.4) is 0 Å². The molecule has 2 fully saturated rings. The molecule has 1 N–H and O–H groups in total. The first kappa shape index (κ1) is 17.8. The van der Waals surface area contributed by atoms with Gasteiger partial charge < -0.3 is 10.2 Å². The number of rotatable bonds is 4. The van der Waals surface area contributed by atoms with Crippen molar-refractivity contribution in [2.45, 2.75) is 52.5 Å². The summed E-state index contributed by atoms with van der Waals surface area (Å²) in [4.78, 5) is 14.9. The van der Waals surface area contributed by atoms with Crippen LogP contribution in [0.4, 0.5) is 0 Å². The van der Waals surface area contributed by atoms with Gasteiger partial charge in [0.15, 0.2) is 0 Å². The first-order valence-electron chi connectivity index (χ1n) is 9.06. The molecule has 1 spiro atoms. The molecule has 1 aromatic rings. The van der Waals surface area contributed by atoms with Crippen LogP contribution in [-0.4, -0.2) is 36.5 Å². The van der Waals surface area contributed by atoms with E-state index in [1.165, 1.54) is 38.9 Å². The maximum absolute atomic E-state index is 12.3. The lowest BCUT2D eigenvalue weighted by Crippen LogP contribution is -2.39. The van der Waals surface area contributed by atoms with Crippen LogP contribution >= 0.6 is 11.6 Å². The number of hydrogen-bond donors (Lipinski definition) is 1. The Labute approximate surface area is 150 Å². The highest BCUT2D eigenvalue weighted by Crippen LogP contribution is 2.54. The van der Waals surface area contributed by atoms with E-state index in [1.807, 2.05) is 0 Å². The van der Waals surface area contributed by atoms with Crippen molar-refractivity contribution in [1.29, 1.82) is 0 Å². The highest BCUT2D eigenvalue weighted by molar-refractivity contribution is 6.30. The quantitative estimate of drug-likeness (QED) is 0.876. The largest absolute Gasteiger partial charge is 0.349 e. The van der Waals surface area contributed by atoms with Gasteiger partial charge in [0, 0.05) is 16.6 Å². The Morgan fingerprint density at radius 2 is 1.88 bits per heavy atom. The number of halogens is 1. The van der Waals surface area contributed by atoms with E-state index in [1.54, 1.807) is 24.3 Å². The molecule has 1 aliphatic carbocycles. The molecule has 1 amide bonds. The lowest BCUT2D eigenvalue weighted by atomic mass is 9.89. The van der Waals surface area contributed by atoms with Gasteiger partial charge in [0.25, 0.3) is 5.91 Å². The number of hydrogen-bond acceptors (Lipinski definition) is 2. The molecule has 4 heteroatoms. The predicted octanol–water partition coefficient (Wildman–Crippen LogP) is 4.36. The summed E-state index contributed by atoms with van der Waals surface area (Å²) >= 11 is 5.88. The number of nitrogens with one attached hydrogen (secondary N) is 1. The van der Waals surface area contributed by atoms with Gasteiger partial charge in [0.1, 0.15) is 0 Å². The number of piperidine rings is 1. The van der Waals surface area contributed by atoms with Gasteiger partial charge in [-0.1, -0.05) is 32.4 Å². The molecule has 1 aliphatic heterocycles. The molecule has 1 saturated heterocycles. The Bertz CT molecular complexity index is 583. The number of carbonyl (C=O) groups excluding carboxylic acids is 1. The van der Waals surface area contributed by atoms with E-state index in [-0.39, 0.29) is 5.91 Å². The summed E-state index contributed by atoms with van der Waals surface area (Å²) in [5.74, 6) is 0.0312. The second kappa shape index (κ2) is 6.68. The SMILES string of the molecule is CC(C)(C)CCN1CCC2(CC1)CC2NC(=O)c1ccc(Cl)cc1. The van der Waals surface area contributed by atoms with E-state index in [0.29, 0.717) is 27.5 Å². The molecule has 3 nitrogen and oxygen atoms in total. The van der Waals surface area contributed by atoms with Crippen molar-refractivity contribution in [3.8, 4) is 0 Å². The van der Waals surface area contributed by atoms with Crippen LogP contribution in [0, 0.1) is 10.8 Å². The van der Waals surface area contributed by atoms with Gasteiger partial charge in [0.05, 0.1) is 0 Å². The van der Waals surface area contributed by atoms with E-state index in [4.69, 9.17) is 11.6 Å². The molecular formula is C20H29ClN2O. The van der Waals surface area contributed by atoms with E-state index >= 15 is 0 Å². The van der Waals surface area contributed by atoms with Crippen LogP contribution in [-0.2, 0) is 0 Å². The number of carbonyl (C=O) groups is 1. The maximum atomic E-state index is 12.3. The highest BCUT2D eigenvalue weighted by atomic mass is 35.5. The van der Waals surface area contributed by atoms with E-state index in [2.05, 4.69) is 31.0 Å². The summed E-state index contributed by atoms with van der Waals surface area (Å²) in [6, 6.07) is 7.48. The molecule has 0 radical (unpaired) electrons. The summed E-state index contributed by atoms with van der Waals surface area (Å²) in [5, 5.41) is 3.88. The molecular weight excluding hydrogens is 320 g/mol. The third-order valence-corrected chi connectivity index (χ3v) is 5.88. The first-order chi connectivity index (χ1) is 11.3. The summed E-state index contributed by atoms with van der Waals surface area (Å²) in [7, 11) is 0. The monoisotopic (exact) mass is 348 g/mol. The molecule has 132 valence electrons. The van der Waals surface area contributed by atoms with Crippen molar-refractivity contribution in [3.05, 3.63) is 34.9 Å². The average molecular weight is 349 g/mol. The maximum Gasteiger partial charge on any atom is 0.251 e. The van der Waals surface area contributed by atoms with Crippen molar-refractivity contribution in [2.24, 2.45) is 10.8 Å². The van der Waals surface area contributed by atoms with Gasteiger partial charge in [-0.2, -0.15) is 0 Å². The fourth-order valence-electron chi connectivity index (χ4n) is 3.66. The standard InChI is InChI=1S/C20H29ClN2O/c1-19(2,3)8-11-23-12-9-20(10-13-23)14-17(20)22-18(24)15-4-6-16(21)7-5-15/h4-7,17H,8-14H2,1-3H3,(H,22,24). The number of likely N-dealkylation sites (tertiary alicyclic amines) is 1. The van der Waals surface area contributed by atoms with Crippen molar-refractivity contribution >= 4 is 17.5 Å². The Hall–Kier alpha value is -1.06. The molecule has 0 bridgehead atoms. The minimum atomic E-state index is 0.0312. The van der Waals surface area contributed by atoms with E-state index in [0.717, 1.165) is 6.42 Å². The van der Waals surface area contributed by atoms with E-state index in [9.17, 15) is 4.79 Å². The summed E-state index contributed by atoms with van der Waals surface area (Å²) in [6.45, 7) is 10.5. The Morgan fingerprint density at radius 1 is 1.25 bits per heavy atom. The van der Waals surface area contributed by atoms with Crippen molar-refractivity contribution in [1.82, 2.24) is 10.2 Å². The van der Waals surface area contributed by atoms with Crippen molar-refractivity contribution < 1.29 is 4.79 Å². The van der Waals surface area contributed by atoms with Gasteiger partial charge in [-0.05, 0) is 80.4 Å². The predicted molar refractivity (Wildman–Crippen MR) is 99.5 cm³/mol. The van der Waals surface area contributed by atoms with Crippen LogP contribution in [0.15, 0.2) is 24.3 Å². The van der Waals surface area contributed by atoms with Gasteiger partial charge in [0.2, 0.25) is 0 Å². The molecule has 24 heavy (non-hydrogen) atoms. The summed E-state index contributed by atoms with van der Waals surface area (Å²) in [6.07, 6.45) is 4.81. The lowest BCUT2D eigenvalue weighted by Gasteiger charge is -2.34. The highest BCUT2D eigenvalue weighted by Gasteiger charge is 2.55. The molecule has 2 aliphatic rings. The first-order valence-corrected chi connectivity index (χ1v) is 9.44. The van der Waals surface area contributed by atoms with Gasteiger partial charge in [-0.3, -0.25) is 4.79 Å². The fourth-order valence-corrected chi connectivity index (χ4v) is 3.79. The zero-order valence-electron chi connectivity index (χ0n) is 15.1. The Kier molecular flexibility index (Phi) is 4.94. The van der Waals surface area contributed by atoms with Crippen molar-refractivity contribution in [3.63, 3.8) is 0 Å². The number of amides is 1.